The summed E-state index contributed by atoms with van der Waals surface area (Å²) in [5.74, 6) is 0.0469. The molecule has 10 heteroatoms. The van der Waals surface area contributed by atoms with Crippen LogP contribution in [0.5, 0.6) is 11.5 Å². The maximum absolute atomic E-state index is 13.5. The summed E-state index contributed by atoms with van der Waals surface area (Å²) in [6, 6.07) is 7.76. The van der Waals surface area contributed by atoms with Gasteiger partial charge in [0, 0.05) is 6.54 Å². The minimum Gasteiger partial charge on any atom is -0.454 e. The van der Waals surface area contributed by atoms with E-state index >= 15 is 0 Å². The standard InChI is InChI=1S/C19H20ClFN2O5S/c1-3-16(23(29(2,25)26)13-5-6-15(21)14(20)9-13)19(24)22-10-12-4-7-17-18(8-12)28-11-27-17/h4-9,16H,3,10-11H2,1-2H3,(H,22,24)/t16-/m1/s1. The van der Waals surface area contributed by atoms with Crippen molar-refractivity contribution in [3.63, 3.8) is 0 Å². The largest absolute Gasteiger partial charge is 0.454 e. The number of hydrogen-bond donors (Lipinski definition) is 1. The first kappa shape index (κ1) is 21.2. The molecule has 1 heterocycles. The highest BCUT2D eigenvalue weighted by Gasteiger charge is 2.31. The lowest BCUT2D eigenvalue weighted by molar-refractivity contribution is -0.122. The van der Waals surface area contributed by atoms with Gasteiger partial charge in [-0.15, -0.1) is 0 Å². The Morgan fingerprint density at radius 3 is 2.62 bits per heavy atom. The van der Waals surface area contributed by atoms with Gasteiger partial charge in [-0.25, -0.2) is 12.8 Å². The summed E-state index contributed by atoms with van der Waals surface area (Å²) in [6.45, 7) is 2.01. The Morgan fingerprint density at radius 2 is 1.97 bits per heavy atom. The molecule has 1 atom stereocenters. The molecule has 0 fully saturated rings. The van der Waals surface area contributed by atoms with Gasteiger partial charge in [-0.2, -0.15) is 0 Å². The molecule has 7 nitrogen and oxygen atoms in total. The van der Waals surface area contributed by atoms with Crippen molar-refractivity contribution in [1.82, 2.24) is 5.32 Å². The van der Waals surface area contributed by atoms with E-state index in [1.165, 1.54) is 12.1 Å². The van der Waals surface area contributed by atoms with Crippen LogP contribution in [0.3, 0.4) is 0 Å². The average Bonchev–Trinajstić information content (AvgIpc) is 3.13. The predicted molar refractivity (Wildman–Crippen MR) is 107 cm³/mol. The normalized spacial score (nSPS) is 13.8. The molecule has 0 aliphatic carbocycles. The van der Waals surface area contributed by atoms with Crippen molar-refractivity contribution in [1.29, 1.82) is 0 Å². The molecule has 0 saturated heterocycles. The van der Waals surface area contributed by atoms with Crippen LogP contribution in [0, 0.1) is 5.82 Å². The molecule has 0 saturated carbocycles. The Labute approximate surface area is 173 Å². The fraction of sp³-hybridized carbons (Fsp3) is 0.316. The van der Waals surface area contributed by atoms with E-state index in [0.717, 1.165) is 22.2 Å². The number of ether oxygens (including phenoxy) is 2. The molecule has 29 heavy (non-hydrogen) atoms. The van der Waals surface area contributed by atoms with Gasteiger partial charge in [0.15, 0.2) is 11.5 Å². The quantitative estimate of drug-likeness (QED) is 0.712. The second-order valence-corrected chi connectivity index (χ2v) is 8.75. The minimum absolute atomic E-state index is 0.115. The molecule has 0 bridgehead atoms. The van der Waals surface area contributed by atoms with Crippen LogP contribution in [0.4, 0.5) is 10.1 Å². The van der Waals surface area contributed by atoms with E-state index < -0.39 is 27.8 Å². The molecule has 156 valence electrons. The summed E-state index contributed by atoms with van der Waals surface area (Å²) < 4.78 is 49.8. The van der Waals surface area contributed by atoms with Gasteiger partial charge in [-0.1, -0.05) is 24.6 Å². The second-order valence-electron chi connectivity index (χ2n) is 6.49. The van der Waals surface area contributed by atoms with Gasteiger partial charge in [0.05, 0.1) is 17.0 Å². The summed E-state index contributed by atoms with van der Waals surface area (Å²) in [7, 11) is -3.84. The van der Waals surface area contributed by atoms with Gasteiger partial charge in [0.1, 0.15) is 11.9 Å². The molecule has 1 aliphatic heterocycles. The molecule has 2 aromatic rings. The summed E-state index contributed by atoms with van der Waals surface area (Å²) >= 11 is 5.80. The van der Waals surface area contributed by atoms with Crippen LogP contribution < -0.4 is 19.1 Å². The third-order valence-corrected chi connectivity index (χ3v) is 5.86. The Balaban J connectivity index is 1.80. The van der Waals surface area contributed by atoms with E-state index in [1.807, 2.05) is 0 Å². The SMILES string of the molecule is CC[C@H](C(=O)NCc1ccc2c(c1)OCO2)N(c1ccc(F)c(Cl)c1)S(C)(=O)=O. The first-order valence-electron chi connectivity index (χ1n) is 8.81. The Hall–Kier alpha value is -2.52. The Kier molecular flexibility index (Phi) is 6.18. The maximum Gasteiger partial charge on any atom is 0.244 e. The molecule has 1 amide bonds. The number of hydrogen-bond acceptors (Lipinski definition) is 5. The highest BCUT2D eigenvalue weighted by molar-refractivity contribution is 7.92. The predicted octanol–water partition coefficient (Wildman–Crippen LogP) is 3.07. The Bertz CT molecular complexity index is 1030. The molecule has 0 radical (unpaired) electrons. The lowest BCUT2D eigenvalue weighted by atomic mass is 10.1. The Morgan fingerprint density at radius 1 is 1.24 bits per heavy atom. The first-order valence-corrected chi connectivity index (χ1v) is 11.0. The molecular weight excluding hydrogens is 423 g/mol. The van der Waals surface area contributed by atoms with Crippen LogP contribution in [0.15, 0.2) is 36.4 Å². The van der Waals surface area contributed by atoms with Gasteiger partial charge < -0.3 is 14.8 Å². The van der Waals surface area contributed by atoms with Crippen molar-refractivity contribution in [2.24, 2.45) is 0 Å². The summed E-state index contributed by atoms with van der Waals surface area (Å²) in [5.41, 5.74) is 0.886. The fourth-order valence-electron chi connectivity index (χ4n) is 3.04. The number of nitrogens with zero attached hydrogens (tertiary/aromatic N) is 1. The van der Waals surface area contributed by atoms with Crippen molar-refractivity contribution in [2.45, 2.75) is 25.9 Å². The molecular formula is C19H20ClFN2O5S. The van der Waals surface area contributed by atoms with Crippen molar-refractivity contribution in [3.05, 3.63) is 52.8 Å². The van der Waals surface area contributed by atoms with E-state index in [4.69, 9.17) is 21.1 Å². The summed E-state index contributed by atoms with van der Waals surface area (Å²) in [5, 5.41) is 2.51. The van der Waals surface area contributed by atoms with E-state index in [1.54, 1.807) is 25.1 Å². The number of benzene rings is 2. The van der Waals surface area contributed by atoms with E-state index in [9.17, 15) is 17.6 Å². The van der Waals surface area contributed by atoms with Crippen molar-refractivity contribution >= 4 is 33.2 Å². The third-order valence-electron chi connectivity index (χ3n) is 4.39. The lowest BCUT2D eigenvalue weighted by Crippen LogP contribution is -2.49. The van der Waals surface area contributed by atoms with Gasteiger partial charge in [-0.05, 0) is 42.3 Å². The third kappa shape index (κ3) is 4.73. The van der Waals surface area contributed by atoms with Crippen LogP contribution >= 0.6 is 11.6 Å². The van der Waals surface area contributed by atoms with Gasteiger partial charge >= 0.3 is 0 Å². The fourth-order valence-corrected chi connectivity index (χ4v) is 4.42. The second kappa shape index (κ2) is 8.46. The molecule has 2 aromatic carbocycles. The van der Waals surface area contributed by atoms with E-state index in [0.29, 0.717) is 11.5 Å². The summed E-state index contributed by atoms with van der Waals surface area (Å²) in [6.07, 6.45) is 1.19. The van der Waals surface area contributed by atoms with E-state index in [-0.39, 0.29) is 30.5 Å². The lowest BCUT2D eigenvalue weighted by Gasteiger charge is -2.30. The zero-order chi connectivity index (χ0) is 21.2. The van der Waals surface area contributed by atoms with Crippen molar-refractivity contribution in [3.8, 4) is 11.5 Å². The molecule has 0 unspecified atom stereocenters. The zero-order valence-electron chi connectivity index (χ0n) is 15.8. The van der Waals surface area contributed by atoms with Crippen LogP contribution in [0.2, 0.25) is 5.02 Å². The van der Waals surface area contributed by atoms with E-state index in [2.05, 4.69) is 5.32 Å². The van der Waals surface area contributed by atoms with Gasteiger partial charge in [0.25, 0.3) is 0 Å². The highest BCUT2D eigenvalue weighted by Crippen LogP contribution is 2.32. The number of nitrogens with one attached hydrogen (secondary N) is 1. The molecule has 1 aliphatic rings. The number of rotatable bonds is 7. The monoisotopic (exact) mass is 442 g/mol. The maximum atomic E-state index is 13.5. The topological polar surface area (TPSA) is 84.9 Å². The van der Waals surface area contributed by atoms with Crippen LogP contribution in [-0.4, -0.2) is 33.4 Å². The molecule has 1 N–H and O–H groups in total. The average molecular weight is 443 g/mol. The minimum atomic E-state index is -3.84. The number of carbonyl (C=O) groups excluding carboxylic acids is 1. The number of sulfonamides is 1. The number of anilines is 1. The van der Waals surface area contributed by atoms with Crippen molar-refractivity contribution in [2.75, 3.05) is 17.4 Å². The first-order chi connectivity index (χ1) is 13.7. The number of fused-ring (bicyclic) bond motifs is 1. The number of carbonyl (C=O) groups is 1. The van der Waals surface area contributed by atoms with Crippen molar-refractivity contribution < 1.29 is 27.1 Å². The van der Waals surface area contributed by atoms with Crippen LogP contribution in [-0.2, 0) is 21.4 Å². The zero-order valence-corrected chi connectivity index (χ0v) is 17.4. The van der Waals surface area contributed by atoms with Gasteiger partial charge in [-0.3, -0.25) is 9.10 Å². The summed E-state index contributed by atoms with van der Waals surface area (Å²) in [4.78, 5) is 12.8. The van der Waals surface area contributed by atoms with Gasteiger partial charge in [0.2, 0.25) is 22.7 Å². The molecule has 3 rings (SSSR count). The number of amides is 1. The highest BCUT2D eigenvalue weighted by atomic mass is 35.5. The molecule has 0 spiro atoms. The molecule has 0 aromatic heterocycles. The smallest absolute Gasteiger partial charge is 0.244 e. The van der Waals surface area contributed by atoms with Crippen LogP contribution in [0.1, 0.15) is 18.9 Å². The number of halogens is 2. The van der Waals surface area contributed by atoms with Crippen LogP contribution in [0.25, 0.3) is 0 Å².